The van der Waals surface area contributed by atoms with Crippen LogP contribution in [0.25, 0.3) is 0 Å². The summed E-state index contributed by atoms with van der Waals surface area (Å²) >= 11 is 6.05. The van der Waals surface area contributed by atoms with E-state index in [1.165, 1.54) is 0 Å². The van der Waals surface area contributed by atoms with Crippen LogP contribution in [0.5, 0.6) is 0 Å². The number of halogens is 1. The standard InChI is InChI=1S/C20H23ClN2O3/c1-2-26-20(25)16(12-15-8-4-3-5-9-15)13-23-19(24)14-22-18-11-7-6-10-17(18)21/h3-11,16,22H,2,12-14H2,1H3,(H,23,24). The van der Waals surface area contributed by atoms with E-state index in [-0.39, 0.29) is 25.0 Å². The first kappa shape index (κ1) is 19.8. The lowest BCUT2D eigenvalue weighted by Crippen LogP contribution is -2.37. The quantitative estimate of drug-likeness (QED) is 0.661. The van der Waals surface area contributed by atoms with E-state index < -0.39 is 5.92 Å². The van der Waals surface area contributed by atoms with Crippen LogP contribution in [0.3, 0.4) is 0 Å². The van der Waals surface area contributed by atoms with Crippen molar-refractivity contribution < 1.29 is 14.3 Å². The predicted molar refractivity (Wildman–Crippen MR) is 103 cm³/mol. The Kier molecular flexibility index (Phi) is 7.96. The molecular formula is C20H23ClN2O3. The van der Waals surface area contributed by atoms with E-state index >= 15 is 0 Å². The number of anilines is 1. The van der Waals surface area contributed by atoms with E-state index in [9.17, 15) is 9.59 Å². The molecule has 0 aliphatic carbocycles. The third-order valence-electron chi connectivity index (χ3n) is 3.80. The molecule has 0 heterocycles. The highest BCUT2D eigenvalue weighted by atomic mass is 35.5. The number of ether oxygens (including phenoxy) is 1. The fourth-order valence-corrected chi connectivity index (χ4v) is 2.68. The van der Waals surface area contributed by atoms with Gasteiger partial charge in [-0.3, -0.25) is 9.59 Å². The molecule has 0 spiro atoms. The van der Waals surface area contributed by atoms with Crippen molar-refractivity contribution in [1.29, 1.82) is 0 Å². The van der Waals surface area contributed by atoms with Gasteiger partial charge in [0.2, 0.25) is 5.91 Å². The summed E-state index contributed by atoms with van der Waals surface area (Å²) in [4.78, 5) is 24.3. The van der Waals surface area contributed by atoms with Gasteiger partial charge in [0.05, 0.1) is 29.8 Å². The predicted octanol–water partition coefficient (Wildman–Crippen LogP) is 3.29. The second-order valence-electron chi connectivity index (χ2n) is 5.78. The van der Waals surface area contributed by atoms with Crippen molar-refractivity contribution in [2.45, 2.75) is 13.3 Å². The maximum atomic E-state index is 12.2. The van der Waals surface area contributed by atoms with Crippen molar-refractivity contribution >= 4 is 29.2 Å². The van der Waals surface area contributed by atoms with Gasteiger partial charge in [0.15, 0.2) is 0 Å². The minimum atomic E-state index is -0.429. The maximum Gasteiger partial charge on any atom is 0.311 e. The number of hydrogen-bond donors (Lipinski definition) is 2. The van der Waals surface area contributed by atoms with E-state index in [1.807, 2.05) is 42.5 Å². The Morgan fingerprint density at radius 2 is 1.77 bits per heavy atom. The number of para-hydroxylation sites is 1. The van der Waals surface area contributed by atoms with E-state index in [1.54, 1.807) is 19.1 Å². The fourth-order valence-electron chi connectivity index (χ4n) is 2.48. The Labute approximate surface area is 158 Å². The highest BCUT2D eigenvalue weighted by molar-refractivity contribution is 6.33. The molecule has 6 heteroatoms. The van der Waals surface area contributed by atoms with Crippen LogP contribution < -0.4 is 10.6 Å². The van der Waals surface area contributed by atoms with Crippen molar-refractivity contribution in [2.75, 3.05) is 25.0 Å². The van der Waals surface area contributed by atoms with Crippen LogP contribution in [-0.2, 0) is 20.7 Å². The van der Waals surface area contributed by atoms with Gasteiger partial charge in [-0.1, -0.05) is 54.1 Å². The first-order chi connectivity index (χ1) is 12.6. The molecule has 0 radical (unpaired) electrons. The lowest BCUT2D eigenvalue weighted by atomic mass is 9.99. The minimum absolute atomic E-state index is 0.0740. The van der Waals surface area contributed by atoms with Gasteiger partial charge in [-0.2, -0.15) is 0 Å². The molecule has 0 saturated carbocycles. The summed E-state index contributed by atoms with van der Waals surface area (Å²) in [5.74, 6) is -0.954. The smallest absolute Gasteiger partial charge is 0.311 e. The molecule has 2 rings (SSSR count). The average molecular weight is 375 g/mol. The molecule has 0 bridgehead atoms. The Hall–Kier alpha value is -2.53. The number of rotatable bonds is 9. The summed E-state index contributed by atoms with van der Waals surface area (Å²) in [5.41, 5.74) is 1.71. The van der Waals surface area contributed by atoms with Crippen molar-refractivity contribution in [3.8, 4) is 0 Å². The highest BCUT2D eigenvalue weighted by Gasteiger charge is 2.21. The molecule has 0 aliphatic rings. The molecule has 0 aromatic heterocycles. The molecular weight excluding hydrogens is 352 g/mol. The number of carbonyl (C=O) groups excluding carboxylic acids is 2. The SMILES string of the molecule is CCOC(=O)C(CNC(=O)CNc1ccccc1Cl)Cc1ccccc1. The topological polar surface area (TPSA) is 67.4 Å². The first-order valence-electron chi connectivity index (χ1n) is 8.55. The zero-order valence-corrected chi connectivity index (χ0v) is 15.5. The molecule has 1 amide bonds. The highest BCUT2D eigenvalue weighted by Crippen LogP contribution is 2.19. The van der Waals surface area contributed by atoms with Gasteiger partial charge in [0.1, 0.15) is 0 Å². The Bertz CT molecular complexity index is 722. The molecule has 2 aromatic rings. The number of esters is 1. The lowest BCUT2D eigenvalue weighted by Gasteiger charge is -2.17. The Morgan fingerprint density at radius 3 is 2.46 bits per heavy atom. The van der Waals surface area contributed by atoms with Gasteiger partial charge in [0.25, 0.3) is 0 Å². The summed E-state index contributed by atoms with van der Waals surface area (Å²) in [6.07, 6.45) is 0.512. The van der Waals surface area contributed by atoms with Gasteiger partial charge >= 0.3 is 5.97 Å². The first-order valence-corrected chi connectivity index (χ1v) is 8.93. The third-order valence-corrected chi connectivity index (χ3v) is 4.13. The van der Waals surface area contributed by atoms with Crippen molar-refractivity contribution in [3.63, 3.8) is 0 Å². The normalized spacial score (nSPS) is 11.5. The van der Waals surface area contributed by atoms with Crippen LogP contribution in [0.4, 0.5) is 5.69 Å². The second kappa shape index (κ2) is 10.5. The molecule has 5 nitrogen and oxygen atoms in total. The molecule has 1 atom stereocenters. The van der Waals surface area contributed by atoms with Gasteiger partial charge in [0, 0.05) is 6.54 Å². The fraction of sp³-hybridized carbons (Fsp3) is 0.300. The van der Waals surface area contributed by atoms with Crippen LogP contribution in [0, 0.1) is 5.92 Å². The summed E-state index contributed by atoms with van der Waals surface area (Å²) in [6, 6.07) is 16.9. The third kappa shape index (κ3) is 6.41. The summed E-state index contributed by atoms with van der Waals surface area (Å²) in [5, 5.41) is 6.32. The van der Waals surface area contributed by atoms with Crippen molar-refractivity contribution in [1.82, 2.24) is 5.32 Å². The molecule has 26 heavy (non-hydrogen) atoms. The van der Waals surface area contributed by atoms with Crippen molar-refractivity contribution in [3.05, 3.63) is 65.2 Å². The second-order valence-corrected chi connectivity index (χ2v) is 6.18. The molecule has 2 N–H and O–H groups in total. The maximum absolute atomic E-state index is 12.2. The van der Waals surface area contributed by atoms with E-state index in [0.717, 1.165) is 5.56 Å². The molecule has 2 aromatic carbocycles. The lowest BCUT2D eigenvalue weighted by molar-refractivity contribution is -0.147. The molecule has 1 unspecified atom stereocenters. The molecule has 0 fully saturated rings. The van der Waals surface area contributed by atoms with Gasteiger partial charge in [-0.25, -0.2) is 0 Å². The van der Waals surface area contributed by atoms with Crippen LogP contribution in [0.1, 0.15) is 12.5 Å². The number of nitrogens with one attached hydrogen (secondary N) is 2. The Morgan fingerprint density at radius 1 is 1.08 bits per heavy atom. The van der Waals surface area contributed by atoms with Crippen LogP contribution in [-0.4, -0.2) is 31.6 Å². The molecule has 0 aliphatic heterocycles. The zero-order chi connectivity index (χ0) is 18.8. The minimum Gasteiger partial charge on any atom is -0.466 e. The van der Waals surface area contributed by atoms with E-state index in [2.05, 4.69) is 10.6 Å². The summed E-state index contributed by atoms with van der Waals surface area (Å²) in [7, 11) is 0. The van der Waals surface area contributed by atoms with E-state index in [4.69, 9.17) is 16.3 Å². The van der Waals surface area contributed by atoms with Gasteiger partial charge < -0.3 is 15.4 Å². The van der Waals surface area contributed by atoms with Crippen LogP contribution in [0.15, 0.2) is 54.6 Å². The number of carbonyl (C=O) groups is 2. The van der Waals surface area contributed by atoms with Crippen LogP contribution in [0.2, 0.25) is 5.02 Å². The number of benzene rings is 2. The number of hydrogen-bond acceptors (Lipinski definition) is 4. The zero-order valence-electron chi connectivity index (χ0n) is 14.7. The van der Waals surface area contributed by atoms with Gasteiger partial charge in [-0.15, -0.1) is 0 Å². The van der Waals surface area contributed by atoms with Crippen LogP contribution >= 0.6 is 11.6 Å². The monoisotopic (exact) mass is 374 g/mol. The van der Waals surface area contributed by atoms with Crippen molar-refractivity contribution in [2.24, 2.45) is 5.92 Å². The largest absolute Gasteiger partial charge is 0.466 e. The Balaban J connectivity index is 1.88. The number of amides is 1. The summed E-state index contributed by atoms with van der Waals surface area (Å²) < 4.78 is 5.13. The summed E-state index contributed by atoms with van der Waals surface area (Å²) in [6.45, 7) is 2.37. The molecule has 0 saturated heterocycles. The van der Waals surface area contributed by atoms with E-state index in [0.29, 0.717) is 23.7 Å². The average Bonchev–Trinajstić information content (AvgIpc) is 2.65. The van der Waals surface area contributed by atoms with Gasteiger partial charge in [-0.05, 0) is 31.0 Å². The molecule has 138 valence electrons.